The summed E-state index contributed by atoms with van der Waals surface area (Å²) in [6.07, 6.45) is 1.51. The van der Waals surface area contributed by atoms with Crippen molar-refractivity contribution in [2.24, 2.45) is 12.8 Å². The monoisotopic (exact) mass is 634 g/mol. The normalized spacial score (nSPS) is 12.8. The van der Waals surface area contributed by atoms with E-state index in [1.807, 2.05) is 6.79 Å². The highest BCUT2D eigenvalue weighted by atomic mass is 35.5. The molecule has 0 bridgehead atoms. The molecule has 2 heterocycles. The van der Waals surface area contributed by atoms with Gasteiger partial charge in [0.05, 0.1) is 49.2 Å². The number of benzene rings is 2. The van der Waals surface area contributed by atoms with Crippen molar-refractivity contribution in [2.45, 2.75) is 6.42 Å². The molecular weight excluding hydrogens is 602 g/mol. The van der Waals surface area contributed by atoms with Crippen LogP contribution in [-0.4, -0.2) is 96.9 Å². The molecule has 0 atom stereocenters. The number of carbonyl (C=O) groups is 4. The molecule has 1 aliphatic rings. The number of methoxy groups -OCH3 is 1. The molecule has 4 rings (SSSR count). The fourth-order valence-corrected chi connectivity index (χ4v) is 4.80. The van der Waals surface area contributed by atoms with Gasteiger partial charge in [-0.3, -0.25) is 14.4 Å². The van der Waals surface area contributed by atoms with E-state index in [0.717, 1.165) is 0 Å². The lowest BCUT2D eigenvalue weighted by molar-refractivity contribution is -0.133. The summed E-state index contributed by atoms with van der Waals surface area (Å²) in [6, 6.07) is 7.10. The number of nitrogens with two attached hydrogens (primary N) is 1. The second-order valence-corrected chi connectivity index (χ2v) is 9.85. The van der Waals surface area contributed by atoms with Gasteiger partial charge in [-0.2, -0.15) is 4.39 Å². The largest absolute Gasteiger partial charge is 0.494 e. The van der Waals surface area contributed by atoms with E-state index in [4.69, 9.17) is 31.6 Å². The second-order valence-electron chi connectivity index (χ2n) is 9.44. The number of ether oxygens (including phenoxy) is 2. The molecule has 3 amide bonds. The summed E-state index contributed by atoms with van der Waals surface area (Å²) in [4.78, 5) is 53.8. The molecule has 0 unspecified atom stereocenters. The topological polar surface area (TPSA) is 149 Å². The molecule has 1 aliphatic heterocycles. The quantitative estimate of drug-likeness (QED) is 0.324. The Morgan fingerprint density at radius 3 is 2.36 bits per heavy atom. The Morgan fingerprint density at radius 1 is 1.05 bits per heavy atom. The summed E-state index contributed by atoms with van der Waals surface area (Å²) >= 11 is 6.41. The molecule has 3 aromatic rings. The van der Waals surface area contributed by atoms with E-state index in [1.165, 1.54) is 55.3 Å². The zero-order chi connectivity index (χ0) is 32.4. The minimum absolute atomic E-state index is 0.0432. The fourth-order valence-electron chi connectivity index (χ4n) is 4.54. The van der Waals surface area contributed by atoms with Crippen LogP contribution in [0.3, 0.4) is 0 Å². The van der Waals surface area contributed by atoms with Crippen LogP contribution in [-0.2, 0) is 21.4 Å². The Labute approximate surface area is 257 Å². The van der Waals surface area contributed by atoms with Crippen LogP contribution in [0.1, 0.15) is 27.4 Å². The highest BCUT2D eigenvalue weighted by Crippen LogP contribution is 2.30. The molecular formula is C29H33ClF2N6O6. The highest BCUT2D eigenvalue weighted by molar-refractivity contribution is 6.34. The van der Waals surface area contributed by atoms with Gasteiger partial charge in [-0.1, -0.05) is 11.6 Å². The lowest BCUT2D eigenvalue weighted by Crippen LogP contribution is -2.50. The Kier molecular flexibility index (Phi) is 12.3. The minimum Gasteiger partial charge on any atom is -0.494 e. The molecule has 0 radical (unpaired) electrons. The minimum atomic E-state index is -1.15. The summed E-state index contributed by atoms with van der Waals surface area (Å²) < 4.78 is 40.2. The lowest BCUT2D eigenvalue weighted by atomic mass is 10.1. The number of halogens is 3. The van der Waals surface area contributed by atoms with E-state index < -0.39 is 17.5 Å². The van der Waals surface area contributed by atoms with E-state index in [0.29, 0.717) is 51.6 Å². The fraction of sp³-hybridized carbons (Fsp3) is 0.345. The first-order valence-electron chi connectivity index (χ1n) is 13.4. The van der Waals surface area contributed by atoms with Crippen molar-refractivity contribution in [3.63, 3.8) is 0 Å². The second kappa shape index (κ2) is 15.9. The van der Waals surface area contributed by atoms with E-state index in [9.17, 15) is 23.2 Å². The number of imidazole rings is 1. The van der Waals surface area contributed by atoms with Gasteiger partial charge in [0.25, 0.3) is 11.8 Å². The van der Waals surface area contributed by atoms with Crippen LogP contribution in [0.4, 0.5) is 14.5 Å². The first-order valence-corrected chi connectivity index (χ1v) is 13.8. The zero-order valence-corrected chi connectivity index (χ0v) is 25.0. The van der Waals surface area contributed by atoms with Gasteiger partial charge in [0, 0.05) is 51.0 Å². The van der Waals surface area contributed by atoms with Crippen molar-refractivity contribution in [2.75, 3.05) is 58.4 Å². The highest BCUT2D eigenvalue weighted by Gasteiger charge is 2.26. The van der Waals surface area contributed by atoms with E-state index in [2.05, 4.69) is 10.3 Å². The molecule has 0 aliphatic carbocycles. The molecule has 0 saturated carbocycles. The number of anilines is 1. The number of nitrogens with one attached hydrogen (secondary N) is 1. The number of hydrogen-bond donors (Lipinski definition) is 2. The number of hydrogen-bond acceptors (Lipinski definition) is 8. The standard InChI is InChI=1S/C28H31ClF2N6O5.CH2O/c1-35-21(19-5-6-22(41-2)25(31)24(19)30)16-33-26(35)27(39)34-17-3-4-18(20(29)15-17)28(40)37-11-9-36(10-12-37)23(38)7-13-42-14-8-32;1-2/h3-6,15-16H,7-14,32H2,1-2H3,(H,34,39);1H2. The average Bonchev–Trinajstić information content (AvgIpc) is 3.42. The summed E-state index contributed by atoms with van der Waals surface area (Å²) in [5.41, 5.74) is 6.02. The third-order valence-corrected chi connectivity index (χ3v) is 7.15. The SMILES string of the molecule is C=O.COc1ccc(-c2cnc(C(=O)Nc3ccc(C(=O)N4CCN(C(=O)CCOCCN)CC4)c(Cl)c3)n2C)c(F)c1F. The maximum atomic E-state index is 14.6. The van der Waals surface area contributed by atoms with Gasteiger partial charge in [-0.15, -0.1) is 0 Å². The Morgan fingerprint density at radius 2 is 1.73 bits per heavy atom. The third-order valence-electron chi connectivity index (χ3n) is 6.83. The van der Waals surface area contributed by atoms with Crippen molar-refractivity contribution < 1.29 is 37.4 Å². The van der Waals surface area contributed by atoms with E-state index in [1.54, 1.807) is 9.80 Å². The van der Waals surface area contributed by atoms with Crippen molar-refractivity contribution in [1.29, 1.82) is 0 Å². The first kappa shape index (κ1) is 34.1. The molecule has 44 heavy (non-hydrogen) atoms. The number of amides is 3. The van der Waals surface area contributed by atoms with Gasteiger partial charge in [0.1, 0.15) is 6.79 Å². The lowest BCUT2D eigenvalue weighted by Gasteiger charge is -2.35. The zero-order valence-electron chi connectivity index (χ0n) is 24.3. The number of nitrogens with zero attached hydrogens (tertiary/aromatic N) is 4. The summed E-state index contributed by atoms with van der Waals surface area (Å²) in [7, 11) is 2.73. The molecule has 1 aromatic heterocycles. The van der Waals surface area contributed by atoms with Crippen molar-refractivity contribution in [1.82, 2.24) is 19.4 Å². The number of aromatic nitrogens is 2. The molecule has 1 fully saturated rings. The van der Waals surface area contributed by atoms with Gasteiger partial charge in [-0.05, 0) is 30.3 Å². The Bertz CT molecular complexity index is 1500. The molecule has 15 heteroatoms. The molecule has 1 saturated heterocycles. The van der Waals surface area contributed by atoms with Crippen molar-refractivity contribution in [3.05, 3.63) is 64.6 Å². The predicted octanol–water partition coefficient (Wildman–Crippen LogP) is 2.74. The van der Waals surface area contributed by atoms with Crippen LogP contribution in [0, 0.1) is 11.6 Å². The van der Waals surface area contributed by atoms with Crippen LogP contribution < -0.4 is 15.8 Å². The number of piperazine rings is 1. The van der Waals surface area contributed by atoms with Crippen LogP contribution in [0.15, 0.2) is 36.5 Å². The van der Waals surface area contributed by atoms with Crippen molar-refractivity contribution >= 4 is 41.8 Å². The van der Waals surface area contributed by atoms with Gasteiger partial charge < -0.3 is 39.7 Å². The number of rotatable bonds is 10. The molecule has 0 spiro atoms. The Balaban J connectivity index is 0.00000259. The van der Waals surface area contributed by atoms with E-state index >= 15 is 0 Å². The molecule has 3 N–H and O–H groups in total. The maximum absolute atomic E-state index is 14.6. The van der Waals surface area contributed by atoms with Crippen molar-refractivity contribution in [3.8, 4) is 17.0 Å². The smallest absolute Gasteiger partial charge is 0.291 e. The van der Waals surface area contributed by atoms with E-state index in [-0.39, 0.29) is 51.7 Å². The summed E-state index contributed by atoms with van der Waals surface area (Å²) in [6.45, 7) is 4.59. The first-order chi connectivity index (χ1) is 21.2. The van der Waals surface area contributed by atoms with Crippen LogP contribution >= 0.6 is 11.6 Å². The Hall–Kier alpha value is -4.40. The summed E-state index contributed by atoms with van der Waals surface area (Å²) in [5, 5.41) is 2.79. The van der Waals surface area contributed by atoms with Crippen LogP contribution in [0.25, 0.3) is 11.3 Å². The summed E-state index contributed by atoms with van der Waals surface area (Å²) in [5.74, 6) is -3.54. The van der Waals surface area contributed by atoms with Crippen LogP contribution in [0.5, 0.6) is 5.75 Å². The average molecular weight is 635 g/mol. The maximum Gasteiger partial charge on any atom is 0.291 e. The van der Waals surface area contributed by atoms with Gasteiger partial charge in [0.15, 0.2) is 17.4 Å². The predicted molar refractivity (Wildman–Crippen MR) is 159 cm³/mol. The molecule has 236 valence electrons. The van der Waals surface area contributed by atoms with Gasteiger partial charge in [-0.25, -0.2) is 9.37 Å². The molecule has 2 aromatic carbocycles. The number of carbonyl (C=O) groups excluding carboxylic acids is 4. The third kappa shape index (κ3) is 7.75. The van der Waals surface area contributed by atoms with Crippen LogP contribution in [0.2, 0.25) is 5.02 Å². The molecule has 12 nitrogen and oxygen atoms in total. The van der Waals surface area contributed by atoms with Gasteiger partial charge in [0.2, 0.25) is 11.7 Å². The van der Waals surface area contributed by atoms with Gasteiger partial charge >= 0.3 is 0 Å².